The molecule has 7 nitrogen and oxygen atoms in total. The van der Waals surface area contributed by atoms with E-state index in [1.54, 1.807) is 17.8 Å². The molecule has 1 aromatic carbocycles. The summed E-state index contributed by atoms with van der Waals surface area (Å²) in [6.07, 6.45) is 3.49. The van der Waals surface area contributed by atoms with Crippen molar-refractivity contribution in [2.24, 2.45) is 12.0 Å². The third-order valence-corrected chi connectivity index (χ3v) is 4.61. The van der Waals surface area contributed by atoms with Gasteiger partial charge in [0.05, 0.1) is 12.7 Å². The average molecular weight is 500 g/mol. The Kier molecular flexibility index (Phi) is 9.74. The SMILES string of the molecule is CCNC(=NCC(C)(O)c1cnn(C)c1)NCC(C)N(C)c1ccccc1.I. The first-order chi connectivity index (χ1) is 12.8. The van der Waals surface area contributed by atoms with Crippen LogP contribution in [-0.2, 0) is 12.6 Å². The molecule has 2 rings (SSSR count). The molecule has 2 atom stereocenters. The van der Waals surface area contributed by atoms with E-state index in [1.165, 1.54) is 5.69 Å². The van der Waals surface area contributed by atoms with Crippen LogP contribution < -0.4 is 15.5 Å². The number of para-hydroxylation sites is 1. The van der Waals surface area contributed by atoms with E-state index in [2.05, 4.69) is 51.7 Å². The van der Waals surface area contributed by atoms with E-state index in [0.717, 1.165) is 18.7 Å². The van der Waals surface area contributed by atoms with Crippen molar-refractivity contribution < 1.29 is 5.11 Å². The molecule has 8 heteroatoms. The van der Waals surface area contributed by atoms with E-state index in [-0.39, 0.29) is 36.6 Å². The van der Waals surface area contributed by atoms with E-state index in [1.807, 2.05) is 38.4 Å². The molecule has 28 heavy (non-hydrogen) atoms. The lowest BCUT2D eigenvalue weighted by atomic mass is 10.0. The lowest BCUT2D eigenvalue weighted by Crippen LogP contribution is -2.45. The van der Waals surface area contributed by atoms with Crippen molar-refractivity contribution in [2.45, 2.75) is 32.4 Å². The zero-order chi connectivity index (χ0) is 19.9. The van der Waals surface area contributed by atoms with Crippen molar-refractivity contribution in [3.8, 4) is 0 Å². The van der Waals surface area contributed by atoms with E-state index in [0.29, 0.717) is 5.96 Å². The second-order valence-electron chi connectivity index (χ2n) is 7.05. The first-order valence-corrected chi connectivity index (χ1v) is 9.35. The predicted octanol–water partition coefficient (Wildman–Crippen LogP) is 2.33. The molecule has 0 spiro atoms. The molecule has 0 aliphatic carbocycles. The van der Waals surface area contributed by atoms with Crippen LogP contribution in [0.2, 0.25) is 0 Å². The van der Waals surface area contributed by atoms with Gasteiger partial charge in [0.15, 0.2) is 5.96 Å². The molecule has 0 bridgehead atoms. The summed E-state index contributed by atoms with van der Waals surface area (Å²) < 4.78 is 1.68. The van der Waals surface area contributed by atoms with Gasteiger partial charge in [0, 0.05) is 50.7 Å². The zero-order valence-corrected chi connectivity index (χ0v) is 19.7. The number of benzene rings is 1. The summed E-state index contributed by atoms with van der Waals surface area (Å²) in [5.74, 6) is 0.690. The zero-order valence-electron chi connectivity index (χ0n) is 17.4. The van der Waals surface area contributed by atoms with Crippen LogP contribution in [0.1, 0.15) is 26.3 Å². The van der Waals surface area contributed by atoms with Gasteiger partial charge in [-0.15, -0.1) is 24.0 Å². The highest BCUT2D eigenvalue weighted by atomic mass is 127. The minimum Gasteiger partial charge on any atom is -0.383 e. The number of anilines is 1. The number of halogens is 1. The first-order valence-electron chi connectivity index (χ1n) is 9.35. The molecule has 1 aromatic heterocycles. The molecule has 0 aliphatic heterocycles. The maximum atomic E-state index is 10.7. The molecule has 1 heterocycles. The van der Waals surface area contributed by atoms with Gasteiger partial charge in [-0.25, -0.2) is 4.99 Å². The number of aliphatic hydroxyl groups is 1. The second kappa shape index (κ2) is 11.3. The number of aryl methyl sites for hydroxylation is 1. The van der Waals surface area contributed by atoms with Crippen molar-refractivity contribution in [2.75, 3.05) is 31.6 Å². The third kappa shape index (κ3) is 6.97. The largest absolute Gasteiger partial charge is 0.383 e. The molecule has 0 amide bonds. The maximum absolute atomic E-state index is 10.7. The molecule has 156 valence electrons. The quantitative estimate of drug-likeness (QED) is 0.295. The molecule has 2 aromatic rings. The Balaban J connectivity index is 0.00000392. The Morgan fingerprint density at radius 1 is 1.32 bits per heavy atom. The van der Waals surface area contributed by atoms with Crippen LogP contribution >= 0.6 is 24.0 Å². The molecule has 0 saturated carbocycles. The van der Waals surface area contributed by atoms with Gasteiger partial charge in [-0.3, -0.25) is 4.68 Å². The van der Waals surface area contributed by atoms with Crippen LogP contribution in [0.15, 0.2) is 47.7 Å². The van der Waals surface area contributed by atoms with Crippen molar-refractivity contribution in [3.05, 3.63) is 48.3 Å². The van der Waals surface area contributed by atoms with Crippen molar-refractivity contribution in [3.63, 3.8) is 0 Å². The third-order valence-electron chi connectivity index (χ3n) is 4.61. The van der Waals surface area contributed by atoms with E-state index < -0.39 is 5.60 Å². The van der Waals surface area contributed by atoms with Gasteiger partial charge >= 0.3 is 0 Å². The topological polar surface area (TPSA) is 77.7 Å². The number of hydrogen-bond donors (Lipinski definition) is 3. The van der Waals surface area contributed by atoms with Gasteiger partial charge < -0.3 is 20.6 Å². The van der Waals surface area contributed by atoms with Crippen molar-refractivity contribution >= 4 is 35.6 Å². The molecular weight excluding hydrogens is 467 g/mol. The van der Waals surface area contributed by atoms with Crippen LogP contribution in [0.3, 0.4) is 0 Å². The van der Waals surface area contributed by atoms with E-state index >= 15 is 0 Å². The summed E-state index contributed by atoms with van der Waals surface area (Å²) in [5, 5.41) is 21.4. The minimum absolute atomic E-state index is 0. The Labute approximate surface area is 185 Å². The monoisotopic (exact) mass is 500 g/mol. The standard InChI is InChI=1S/C20H32N6O.HI/c1-6-21-19(23-15-20(3,27)17-13-24-25(4)14-17)22-12-16(2)26(5)18-10-8-7-9-11-18;/h7-11,13-14,16,27H,6,12,15H2,1-5H3,(H2,21,22,23);1H. The lowest BCUT2D eigenvalue weighted by molar-refractivity contribution is 0.0672. The highest BCUT2D eigenvalue weighted by Gasteiger charge is 2.24. The molecule has 0 fully saturated rings. The first kappa shape index (κ1) is 24.2. The second-order valence-corrected chi connectivity index (χ2v) is 7.05. The summed E-state index contributed by atoms with van der Waals surface area (Å²) in [7, 11) is 3.91. The van der Waals surface area contributed by atoms with Crippen LogP contribution in [0.5, 0.6) is 0 Å². The van der Waals surface area contributed by atoms with Gasteiger partial charge in [0.25, 0.3) is 0 Å². The number of aromatic nitrogens is 2. The van der Waals surface area contributed by atoms with Gasteiger partial charge in [-0.05, 0) is 32.9 Å². The molecule has 0 saturated heterocycles. The van der Waals surface area contributed by atoms with E-state index in [4.69, 9.17) is 0 Å². The van der Waals surface area contributed by atoms with Crippen molar-refractivity contribution in [1.29, 1.82) is 0 Å². The Morgan fingerprint density at radius 2 is 2.00 bits per heavy atom. The molecule has 0 radical (unpaired) electrons. The summed E-state index contributed by atoms with van der Waals surface area (Å²) in [4.78, 5) is 6.79. The van der Waals surface area contributed by atoms with Crippen LogP contribution in [0, 0.1) is 0 Å². The summed E-state index contributed by atoms with van der Waals surface area (Å²) >= 11 is 0. The van der Waals surface area contributed by atoms with Crippen molar-refractivity contribution in [1.82, 2.24) is 20.4 Å². The molecular formula is C20H33IN6O. The predicted molar refractivity (Wildman–Crippen MR) is 126 cm³/mol. The number of nitrogens with zero attached hydrogens (tertiary/aromatic N) is 4. The highest BCUT2D eigenvalue weighted by Crippen LogP contribution is 2.20. The van der Waals surface area contributed by atoms with Gasteiger partial charge in [-0.1, -0.05) is 18.2 Å². The Hall–Kier alpha value is -1.81. The highest BCUT2D eigenvalue weighted by molar-refractivity contribution is 14.0. The molecule has 3 N–H and O–H groups in total. The number of rotatable bonds is 8. The Bertz CT molecular complexity index is 731. The van der Waals surface area contributed by atoms with Gasteiger partial charge in [-0.2, -0.15) is 5.10 Å². The lowest BCUT2D eigenvalue weighted by Gasteiger charge is -2.28. The summed E-state index contributed by atoms with van der Waals surface area (Å²) in [6.45, 7) is 7.67. The van der Waals surface area contributed by atoms with Crippen LogP contribution in [0.4, 0.5) is 5.69 Å². The normalized spacial score (nSPS) is 14.6. The summed E-state index contributed by atoms with van der Waals surface area (Å²) in [5.41, 5.74) is 0.860. The number of hydrogen-bond acceptors (Lipinski definition) is 4. The smallest absolute Gasteiger partial charge is 0.191 e. The number of guanidine groups is 1. The number of aliphatic imine (C=N–C) groups is 1. The fraction of sp³-hybridized carbons (Fsp3) is 0.500. The van der Waals surface area contributed by atoms with Crippen LogP contribution in [0.25, 0.3) is 0 Å². The van der Waals surface area contributed by atoms with Gasteiger partial charge in [0.2, 0.25) is 0 Å². The number of likely N-dealkylation sites (N-methyl/N-ethyl adjacent to an activating group) is 1. The number of nitrogens with one attached hydrogen (secondary N) is 2. The fourth-order valence-corrected chi connectivity index (χ4v) is 2.66. The van der Waals surface area contributed by atoms with Gasteiger partial charge in [0.1, 0.15) is 5.60 Å². The maximum Gasteiger partial charge on any atom is 0.191 e. The average Bonchev–Trinajstić information content (AvgIpc) is 3.11. The van der Waals surface area contributed by atoms with E-state index in [9.17, 15) is 5.11 Å². The summed E-state index contributed by atoms with van der Waals surface area (Å²) in [6, 6.07) is 10.6. The minimum atomic E-state index is -1.07. The molecule has 0 aliphatic rings. The fourth-order valence-electron chi connectivity index (χ4n) is 2.66. The molecule has 2 unspecified atom stereocenters. The van der Waals surface area contributed by atoms with Crippen LogP contribution in [-0.4, -0.2) is 53.6 Å². The Morgan fingerprint density at radius 3 is 2.57 bits per heavy atom.